The predicted octanol–water partition coefficient (Wildman–Crippen LogP) is 2.23. The van der Waals surface area contributed by atoms with E-state index in [-0.39, 0.29) is 5.91 Å². The van der Waals surface area contributed by atoms with Crippen molar-refractivity contribution in [3.8, 4) is 0 Å². The average molecular weight is 249 g/mol. The van der Waals surface area contributed by atoms with Gasteiger partial charge in [0, 0.05) is 5.56 Å². The molecule has 18 heavy (non-hydrogen) atoms. The Bertz CT molecular complexity index is 429. The van der Waals surface area contributed by atoms with Gasteiger partial charge in [-0.25, -0.2) is 4.79 Å². The van der Waals surface area contributed by atoms with Crippen LogP contribution in [0, 0.1) is 0 Å². The van der Waals surface area contributed by atoms with Gasteiger partial charge in [0.05, 0.1) is 0 Å². The molecule has 0 unspecified atom stereocenters. The molecule has 0 aliphatic carbocycles. The van der Waals surface area contributed by atoms with Gasteiger partial charge in [-0.3, -0.25) is 4.79 Å². The summed E-state index contributed by atoms with van der Waals surface area (Å²) in [7, 11) is 0. The smallest absolute Gasteiger partial charge is 0.326 e. The first-order chi connectivity index (χ1) is 8.60. The molecule has 1 atom stereocenters. The molecule has 1 amide bonds. The minimum absolute atomic E-state index is 0.312. The predicted molar refractivity (Wildman–Crippen MR) is 69.6 cm³/mol. The van der Waals surface area contributed by atoms with E-state index in [1.165, 1.54) is 0 Å². The summed E-state index contributed by atoms with van der Waals surface area (Å²) in [6.45, 7) is 3.86. The summed E-state index contributed by atoms with van der Waals surface area (Å²) in [5, 5.41) is 11.6. The Morgan fingerprint density at radius 1 is 1.28 bits per heavy atom. The monoisotopic (exact) mass is 249 g/mol. The van der Waals surface area contributed by atoms with Gasteiger partial charge < -0.3 is 10.4 Å². The van der Waals surface area contributed by atoms with Gasteiger partial charge >= 0.3 is 5.97 Å². The van der Waals surface area contributed by atoms with Crippen molar-refractivity contribution in [1.29, 1.82) is 0 Å². The minimum Gasteiger partial charge on any atom is -0.480 e. The lowest BCUT2D eigenvalue weighted by Gasteiger charge is -2.15. The highest BCUT2D eigenvalue weighted by Gasteiger charge is 2.20. The van der Waals surface area contributed by atoms with Gasteiger partial charge in [-0.1, -0.05) is 38.5 Å². The highest BCUT2D eigenvalue weighted by atomic mass is 16.4. The Hall–Kier alpha value is -1.84. The van der Waals surface area contributed by atoms with E-state index in [0.717, 1.165) is 12.0 Å². The molecule has 1 rings (SSSR count). The number of hydrogen-bond acceptors (Lipinski definition) is 2. The summed E-state index contributed by atoms with van der Waals surface area (Å²) in [6, 6.07) is 6.44. The van der Waals surface area contributed by atoms with Crippen LogP contribution in [0.4, 0.5) is 0 Å². The van der Waals surface area contributed by atoms with Crippen LogP contribution in [0.5, 0.6) is 0 Å². The fourth-order valence-corrected chi connectivity index (χ4v) is 1.83. The molecule has 0 spiro atoms. The number of rotatable bonds is 6. The van der Waals surface area contributed by atoms with E-state index in [9.17, 15) is 9.59 Å². The van der Waals surface area contributed by atoms with Crippen molar-refractivity contribution in [3.63, 3.8) is 0 Å². The molecule has 0 saturated heterocycles. The van der Waals surface area contributed by atoms with Gasteiger partial charge in [-0.2, -0.15) is 0 Å². The van der Waals surface area contributed by atoms with Gasteiger partial charge in [-0.05, 0) is 24.5 Å². The number of carbonyl (C=O) groups is 2. The quantitative estimate of drug-likeness (QED) is 0.812. The maximum absolute atomic E-state index is 12.0. The zero-order chi connectivity index (χ0) is 13.5. The summed E-state index contributed by atoms with van der Waals surface area (Å²) in [4.78, 5) is 23.0. The second kappa shape index (κ2) is 6.79. The fourth-order valence-electron chi connectivity index (χ4n) is 1.83. The molecule has 0 fully saturated rings. The van der Waals surface area contributed by atoms with Crippen molar-refractivity contribution < 1.29 is 14.7 Å². The largest absolute Gasteiger partial charge is 0.480 e. The summed E-state index contributed by atoms with van der Waals surface area (Å²) < 4.78 is 0. The van der Waals surface area contributed by atoms with Crippen molar-refractivity contribution in [1.82, 2.24) is 5.32 Å². The second-order valence-corrected chi connectivity index (χ2v) is 4.16. The van der Waals surface area contributed by atoms with E-state index in [1.54, 1.807) is 12.1 Å². The summed E-state index contributed by atoms with van der Waals surface area (Å²) >= 11 is 0. The third-order valence-electron chi connectivity index (χ3n) is 2.82. The Balaban J connectivity index is 2.83. The molecular weight excluding hydrogens is 230 g/mol. The number of carbonyl (C=O) groups excluding carboxylic acids is 1. The molecule has 4 heteroatoms. The molecular formula is C14H19NO3. The van der Waals surface area contributed by atoms with Crippen LogP contribution in [-0.2, 0) is 11.2 Å². The Kier molecular flexibility index (Phi) is 5.36. The first-order valence-electron chi connectivity index (χ1n) is 6.21. The van der Waals surface area contributed by atoms with Gasteiger partial charge in [0.2, 0.25) is 0 Å². The second-order valence-electron chi connectivity index (χ2n) is 4.16. The van der Waals surface area contributed by atoms with Gasteiger partial charge in [0.15, 0.2) is 0 Å². The van der Waals surface area contributed by atoms with Crippen molar-refractivity contribution in [2.24, 2.45) is 0 Å². The van der Waals surface area contributed by atoms with Crippen LogP contribution in [0.3, 0.4) is 0 Å². The zero-order valence-electron chi connectivity index (χ0n) is 10.8. The average Bonchev–Trinajstić information content (AvgIpc) is 2.37. The molecule has 0 aromatic heterocycles. The summed E-state index contributed by atoms with van der Waals surface area (Å²) in [6.07, 6.45) is 1.90. The maximum atomic E-state index is 12.0. The normalized spacial score (nSPS) is 11.9. The standard InChI is InChI=1S/C14H19NO3/c1-3-7-12(14(17)18)15-13(16)11-9-6-5-8-10(11)4-2/h5-6,8-9,12H,3-4,7H2,1-2H3,(H,15,16)(H,17,18)/t12-/m1/s1. The number of benzene rings is 1. The Morgan fingerprint density at radius 2 is 1.94 bits per heavy atom. The molecule has 0 heterocycles. The lowest BCUT2D eigenvalue weighted by molar-refractivity contribution is -0.139. The SMILES string of the molecule is CCC[C@@H](NC(=O)c1ccccc1CC)C(=O)O. The van der Waals surface area contributed by atoms with Gasteiger partial charge in [0.25, 0.3) is 5.91 Å². The van der Waals surface area contributed by atoms with Crippen molar-refractivity contribution >= 4 is 11.9 Å². The topological polar surface area (TPSA) is 66.4 Å². The summed E-state index contributed by atoms with van der Waals surface area (Å²) in [5.41, 5.74) is 1.48. The van der Waals surface area contributed by atoms with Gasteiger partial charge in [-0.15, -0.1) is 0 Å². The molecule has 0 radical (unpaired) electrons. The van der Waals surface area contributed by atoms with E-state index < -0.39 is 12.0 Å². The zero-order valence-corrected chi connectivity index (χ0v) is 10.8. The maximum Gasteiger partial charge on any atom is 0.326 e. The number of hydrogen-bond donors (Lipinski definition) is 2. The number of carboxylic acids is 1. The van der Waals surface area contributed by atoms with Crippen molar-refractivity contribution in [2.75, 3.05) is 0 Å². The Morgan fingerprint density at radius 3 is 2.50 bits per heavy atom. The van der Waals surface area contributed by atoms with Crippen LogP contribution < -0.4 is 5.32 Å². The lowest BCUT2D eigenvalue weighted by Crippen LogP contribution is -2.40. The van der Waals surface area contributed by atoms with Crippen LogP contribution in [0.2, 0.25) is 0 Å². The number of aryl methyl sites for hydroxylation is 1. The van der Waals surface area contributed by atoms with E-state index in [4.69, 9.17) is 5.11 Å². The number of amides is 1. The van der Waals surface area contributed by atoms with Crippen LogP contribution in [-0.4, -0.2) is 23.0 Å². The van der Waals surface area contributed by atoms with Crippen LogP contribution in [0.25, 0.3) is 0 Å². The number of aliphatic carboxylic acids is 1. The van der Waals surface area contributed by atoms with Crippen LogP contribution in [0.15, 0.2) is 24.3 Å². The first-order valence-corrected chi connectivity index (χ1v) is 6.21. The van der Waals surface area contributed by atoms with Crippen molar-refractivity contribution in [2.45, 2.75) is 39.2 Å². The minimum atomic E-state index is -0.987. The molecule has 0 aliphatic rings. The number of carboxylic acid groups (broad SMARTS) is 1. The molecule has 1 aromatic carbocycles. The van der Waals surface area contributed by atoms with E-state index in [1.807, 2.05) is 26.0 Å². The molecule has 1 aromatic rings. The molecule has 98 valence electrons. The highest BCUT2D eigenvalue weighted by Crippen LogP contribution is 2.10. The molecule has 0 bridgehead atoms. The van der Waals surface area contributed by atoms with Crippen LogP contribution >= 0.6 is 0 Å². The third kappa shape index (κ3) is 3.58. The van der Waals surface area contributed by atoms with E-state index in [2.05, 4.69) is 5.32 Å². The van der Waals surface area contributed by atoms with E-state index >= 15 is 0 Å². The highest BCUT2D eigenvalue weighted by molar-refractivity contribution is 5.97. The first kappa shape index (κ1) is 14.2. The lowest BCUT2D eigenvalue weighted by atomic mass is 10.0. The van der Waals surface area contributed by atoms with E-state index in [0.29, 0.717) is 18.4 Å². The molecule has 2 N–H and O–H groups in total. The Labute approximate surface area is 107 Å². The van der Waals surface area contributed by atoms with Gasteiger partial charge in [0.1, 0.15) is 6.04 Å². The summed E-state index contributed by atoms with van der Waals surface area (Å²) in [5.74, 6) is -1.30. The number of nitrogens with one attached hydrogen (secondary N) is 1. The molecule has 0 saturated carbocycles. The van der Waals surface area contributed by atoms with Crippen LogP contribution in [0.1, 0.15) is 42.6 Å². The van der Waals surface area contributed by atoms with Crippen molar-refractivity contribution in [3.05, 3.63) is 35.4 Å². The molecule has 0 aliphatic heterocycles. The molecule has 4 nitrogen and oxygen atoms in total. The fraction of sp³-hybridized carbons (Fsp3) is 0.429. The third-order valence-corrected chi connectivity index (χ3v) is 2.82.